The zero-order valence-corrected chi connectivity index (χ0v) is 20.3. The topological polar surface area (TPSA) is 126 Å². The first kappa shape index (κ1) is 22.7. The van der Waals surface area contributed by atoms with Gasteiger partial charge in [0, 0.05) is 34.2 Å². The molecule has 188 valence electrons. The fraction of sp³-hybridized carbons (Fsp3) is 0.259. The molecule has 7 rings (SSSR count). The number of para-hydroxylation sites is 2. The predicted octanol–water partition coefficient (Wildman–Crippen LogP) is 3.19. The van der Waals surface area contributed by atoms with E-state index in [9.17, 15) is 19.8 Å². The summed E-state index contributed by atoms with van der Waals surface area (Å²) in [6.45, 7) is 0. The molecule has 3 aromatic carbocycles. The molecule has 5 atom stereocenters. The summed E-state index contributed by atoms with van der Waals surface area (Å²) in [5.74, 6) is -0.907. The van der Waals surface area contributed by atoms with Crippen LogP contribution in [0.3, 0.4) is 0 Å². The van der Waals surface area contributed by atoms with Gasteiger partial charge in [-0.25, -0.2) is 0 Å². The summed E-state index contributed by atoms with van der Waals surface area (Å²) in [4.78, 5) is 29.7. The van der Waals surface area contributed by atoms with E-state index in [0.29, 0.717) is 38.3 Å². The quantitative estimate of drug-likeness (QED) is 0.214. The fourth-order valence-corrected chi connectivity index (χ4v) is 6.34. The lowest BCUT2D eigenvalue weighted by Gasteiger charge is -2.42. The van der Waals surface area contributed by atoms with Gasteiger partial charge in [0.15, 0.2) is 6.23 Å². The van der Waals surface area contributed by atoms with Crippen molar-refractivity contribution in [1.29, 1.82) is 0 Å². The lowest BCUT2D eigenvalue weighted by molar-refractivity contribution is -0.243. The Bertz CT molecular complexity index is 1770. The van der Waals surface area contributed by atoms with Gasteiger partial charge < -0.3 is 29.2 Å². The minimum absolute atomic E-state index is 0.0318. The SMILES string of the molecule is CO[C@H]1[C@H](O)[C@@H](O)C(n2c3ccccc3c3c4c(c5c6ccccc6[nH]c5c32)C(=O)NC4=O)O[C@@H]1CCl. The summed E-state index contributed by atoms with van der Waals surface area (Å²) in [5.41, 5.74) is 3.25. The molecular weight excluding hydrogens is 498 g/mol. The number of imide groups is 1. The summed E-state index contributed by atoms with van der Waals surface area (Å²) >= 11 is 6.19. The number of methoxy groups -OCH3 is 1. The number of H-pyrrole nitrogens is 1. The van der Waals surface area contributed by atoms with Crippen LogP contribution in [-0.2, 0) is 9.47 Å². The zero-order chi connectivity index (χ0) is 25.6. The van der Waals surface area contributed by atoms with E-state index in [1.54, 1.807) is 4.57 Å². The first-order valence-electron chi connectivity index (χ1n) is 11.9. The van der Waals surface area contributed by atoms with Crippen molar-refractivity contribution < 1.29 is 29.3 Å². The Labute approximate surface area is 214 Å². The molecule has 1 unspecified atom stereocenters. The minimum Gasteiger partial charge on any atom is -0.387 e. The second-order valence-electron chi connectivity index (χ2n) is 9.47. The lowest BCUT2D eigenvalue weighted by atomic mass is 9.96. The van der Waals surface area contributed by atoms with Gasteiger partial charge in [-0.05, 0) is 12.1 Å². The molecule has 0 aliphatic carbocycles. The fourth-order valence-electron chi connectivity index (χ4n) is 6.09. The van der Waals surface area contributed by atoms with Crippen LogP contribution < -0.4 is 5.32 Å². The van der Waals surface area contributed by atoms with Crippen molar-refractivity contribution in [2.75, 3.05) is 13.0 Å². The molecule has 0 radical (unpaired) electrons. The van der Waals surface area contributed by atoms with Gasteiger partial charge in [-0.2, -0.15) is 0 Å². The Morgan fingerprint density at radius 2 is 1.65 bits per heavy atom. The summed E-state index contributed by atoms with van der Waals surface area (Å²) in [6, 6.07) is 15.0. The number of alkyl halides is 1. The van der Waals surface area contributed by atoms with E-state index in [1.165, 1.54) is 7.11 Å². The number of hydrogen-bond donors (Lipinski definition) is 4. The van der Waals surface area contributed by atoms with Gasteiger partial charge in [0.1, 0.15) is 24.4 Å². The van der Waals surface area contributed by atoms with E-state index in [4.69, 9.17) is 21.1 Å². The van der Waals surface area contributed by atoms with Crippen molar-refractivity contribution in [3.63, 3.8) is 0 Å². The van der Waals surface area contributed by atoms with Gasteiger partial charge in [-0.1, -0.05) is 36.4 Å². The number of amides is 2. The predicted molar refractivity (Wildman–Crippen MR) is 138 cm³/mol. The molecule has 0 spiro atoms. The summed E-state index contributed by atoms with van der Waals surface area (Å²) in [7, 11) is 1.43. The number of aromatic amines is 1. The molecular formula is C27H22ClN3O6. The second kappa shape index (κ2) is 8.01. The molecule has 2 amide bonds. The van der Waals surface area contributed by atoms with Crippen molar-refractivity contribution in [2.24, 2.45) is 0 Å². The van der Waals surface area contributed by atoms with Crippen LogP contribution >= 0.6 is 11.6 Å². The van der Waals surface area contributed by atoms with Crippen LogP contribution in [0, 0.1) is 0 Å². The molecule has 1 fully saturated rings. The molecule has 4 N–H and O–H groups in total. The van der Waals surface area contributed by atoms with Crippen LogP contribution in [0.5, 0.6) is 0 Å². The molecule has 2 aromatic heterocycles. The van der Waals surface area contributed by atoms with Crippen LogP contribution in [0.25, 0.3) is 43.6 Å². The first-order valence-corrected chi connectivity index (χ1v) is 12.4. The smallest absolute Gasteiger partial charge is 0.259 e. The largest absolute Gasteiger partial charge is 0.387 e. The molecule has 37 heavy (non-hydrogen) atoms. The summed E-state index contributed by atoms with van der Waals surface area (Å²) in [6.07, 6.45) is -5.23. The number of nitrogens with one attached hydrogen (secondary N) is 2. The average Bonchev–Trinajstić information content (AvgIpc) is 3.54. The highest BCUT2D eigenvalue weighted by atomic mass is 35.5. The van der Waals surface area contributed by atoms with Gasteiger partial charge in [-0.3, -0.25) is 14.9 Å². The number of carbonyl (C=O) groups is 2. The number of nitrogens with zero attached hydrogens (tertiary/aromatic N) is 1. The van der Waals surface area contributed by atoms with Crippen molar-refractivity contribution in [2.45, 2.75) is 30.6 Å². The van der Waals surface area contributed by atoms with Gasteiger partial charge in [0.05, 0.1) is 33.6 Å². The first-order chi connectivity index (χ1) is 18.0. The van der Waals surface area contributed by atoms with Gasteiger partial charge in [0.2, 0.25) is 0 Å². The number of ether oxygens (including phenoxy) is 2. The zero-order valence-electron chi connectivity index (χ0n) is 19.6. The Balaban J connectivity index is 1.67. The third-order valence-electron chi connectivity index (χ3n) is 7.62. The van der Waals surface area contributed by atoms with Crippen LogP contribution in [0.4, 0.5) is 0 Å². The van der Waals surface area contributed by atoms with E-state index in [0.717, 1.165) is 10.9 Å². The van der Waals surface area contributed by atoms with Gasteiger partial charge in [-0.15, -0.1) is 11.6 Å². The molecule has 0 bridgehead atoms. The third kappa shape index (κ3) is 2.88. The monoisotopic (exact) mass is 519 g/mol. The normalized spacial score (nSPS) is 26.0. The average molecular weight is 520 g/mol. The molecule has 2 aliphatic rings. The molecule has 9 nitrogen and oxygen atoms in total. The standard InChI is InChI=1S/C27H22ClN3O6/c1-36-24-15(10-28)37-27(23(33)22(24)32)31-14-9-5-3-7-12(14)17-19-18(25(34)30-26(19)35)16-11-6-2-4-8-13(11)29-20(16)21(17)31/h2-9,15,22-24,27,29,32-33H,10H2,1H3,(H,30,34,35)/t15-,22-,23-,24-,27?/m1/s1. The van der Waals surface area contributed by atoms with E-state index in [2.05, 4.69) is 10.3 Å². The molecule has 0 saturated carbocycles. The number of hydrogen-bond acceptors (Lipinski definition) is 6. The summed E-state index contributed by atoms with van der Waals surface area (Å²) in [5, 5.41) is 27.4. The van der Waals surface area contributed by atoms with Crippen LogP contribution in [-0.4, -0.2) is 69.0 Å². The highest BCUT2D eigenvalue weighted by Crippen LogP contribution is 2.46. The Hall–Kier alpha value is -3.47. The maximum absolute atomic E-state index is 13.2. The maximum atomic E-state index is 13.2. The summed E-state index contributed by atoms with van der Waals surface area (Å²) < 4.78 is 13.5. The van der Waals surface area contributed by atoms with Crippen molar-refractivity contribution in [3.8, 4) is 0 Å². The van der Waals surface area contributed by atoms with Crippen molar-refractivity contribution in [3.05, 3.63) is 59.7 Å². The number of carbonyl (C=O) groups excluding carboxylic acids is 2. The van der Waals surface area contributed by atoms with Crippen molar-refractivity contribution >= 4 is 67.0 Å². The minimum atomic E-state index is -1.37. The molecule has 2 aliphatic heterocycles. The van der Waals surface area contributed by atoms with Crippen LogP contribution in [0.1, 0.15) is 26.9 Å². The highest BCUT2D eigenvalue weighted by Gasteiger charge is 2.47. The highest BCUT2D eigenvalue weighted by molar-refractivity contribution is 6.39. The van der Waals surface area contributed by atoms with Gasteiger partial charge in [0.25, 0.3) is 11.8 Å². The van der Waals surface area contributed by atoms with Crippen molar-refractivity contribution in [1.82, 2.24) is 14.9 Å². The number of aromatic nitrogens is 2. The number of fused-ring (bicyclic) bond motifs is 10. The van der Waals surface area contributed by atoms with E-state index < -0.39 is 42.5 Å². The second-order valence-corrected chi connectivity index (χ2v) is 9.77. The molecule has 10 heteroatoms. The van der Waals surface area contributed by atoms with Crippen LogP contribution in [0.15, 0.2) is 48.5 Å². The number of aliphatic hydroxyl groups excluding tert-OH is 2. The van der Waals surface area contributed by atoms with E-state index >= 15 is 0 Å². The Kier molecular flexibility index (Phi) is 4.92. The third-order valence-corrected chi connectivity index (χ3v) is 7.93. The molecule has 5 aromatic rings. The molecule has 1 saturated heterocycles. The number of rotatable bonds is 3. The van der Waals surface area contributed by atoms with Crippen LogP contribution in [0.2, 0.25) is 0 Å². The van der Waals surface area contributed by atoms with E-state index in [1.807, 2.05) is 48.5 Å². The lowest BCUT2D eigenvalue weighted by Crippen LogP contribution is -2.56. The Morgan fingerprint density at radius 3 is 2.38 bits per heavy atom. The Morgan fingerprint density at radius 1 is 0.973 bits per heavy atom. The maximum Gasteiger partial charge on any atom is 0.259 e. The number of benzene rings is 3. The van der Waals surface area contributed by atoms with Gasteiger partial charge >= 0.3 is 0 Å². The molecule has 4 heterocycles. The number of halogens is 1. The van der Waals surface area contributed by atoms with E-state index in [-0.39, 0.29) is 11.4 Å². The number of aliphatic hydroxyl groups is 2.